The molecule has 3 rings (SSSR count). The third-order valence-corrected chi connectivity index (χ3v) is 5.27. The van der Waals surface area contributed by atoms with Crippen molar-refractivity contribution in [3.05, 3.63) is 53.9 Å². The molecular formula is C20H17F6N3O4S. The molecule has 2 aromatic rings. The number of nitrogens with zero attached hydrogens (tertiary/aromatic N) is 3. The Morgan fingerprint density at radius 3 is 2.12 bits per heavy atom. The van der Waals surface area contributed by atoms with Crippen molar-refractivity contribution in [3.63, 3.8) is 0 Å². The summed E-state index contributed by atoms with van der Waals surface area (Å²) >= 11 is -0.247. The highest BCUT2D eigenvalue weighted by molar-refractivity contribution is 8.00. The average molecular weight is 509 g/mol. The fourth-order valence-corrected chi connectivity index (χ4v) is 3.35. The molecule has 1 aromatic heterocycles. The zero-order chi connectivity index (χ0) is 25.8. The number of benzene rings is 1. The van der Waals surface area contributed by atoms with E-state index in [2.05, 4.69) is 4.98 Å². The first kappa shape index (κ1) is 27.0. The van der Waals surface area contributed by atoms with Crippen molar-refractivity contribution < 1.29 is 45.8 Å². The van der Waals surface area contributed by atoms with Crippen molar-refractivity contribution in [2.24, 2.45) is 0 Å². The van der Waals surface area contributed by atoms with Crippen LogP contribution in [0.25, 0.3) is 0 Å². The Labute approximate surface area is 193 Å². The molecule has 2 heterocycles. The molecule has 0 saturated carbocycles. The number of aromatic nitrogens is 1. The first-order valence-corrected chi connectivity index (χ1v) is 10.1. The van der Waals surface area contributed by atoms with Crippen molar-refractivity contribution in [2.45, 2.75) is 43.0 Å². The Hall–Kier alpha value is -3.29. The number of hydrogen-bond acceptors (Lipinski definition) is 5. The minimum atomic E-state index is -5.08. The Morgan fingerprint density at radius 1 is 1.09 bits per heavy atom. The molecule has 1 fully saturated rings. The summed E-state index contributed by atoms with van der Waals surface area (Å²) in [7, 11) is 0. The molecule has 1 aromatic carbocycles. The first-order valence-electron chi connectivity index (χ1n) is 9.32. The van der Waals surface area contributed by atoms with Crippen LogP contribution in [0, 0.1) is 6.92 Å². The Morgan fingerprint density at radius 2 is 1.65 bits per heavy atom. The highest BCUT2D eigenvalue weighted by Crippen LogP contribution is 2.38. The monoisotopic (exact) mass is 509 g/mol. The third kappa shape index (κ3) is 6.85. The normalized spacial score (nSPS) is 16.4. The fraction of sp³-hybridized carbons (Fsp3) is 0.300. The smallest absolute Gasteiger partial charge is 0.475 e. The predicted octanol–water partition coefficient (Wildman–Crippen LogP) is 4.99. The lowest BCUT2D eigenvalue weighted by Crippen LogP contribution is -2.33. The van der Waals surface area contributed by atoms with E-state index >= 15 is 0 Å². The van der Waals surface area contributed by atoms with Crippen LogP contribution >= 0.6 is 11.8 Å². The molecule has 184 valence electrons. The van der Waals surface area contributed by atoms with Crippen LogP contribution in [0.4, 0.5) is 36.8 Å². The molecule has 0 spiro atoms. The molecule has 0 aliphatic carbocycles. The van der Waals surface area contributed by atoms with E-state index in [1.165, 1.54) is 29.2 Å². The highest BCUT2D eigenvalue weighted by Gasteiger charge is 2.43. The molecule has 3 amide bonds. The number of aryl methyl sites for hydroxylation is 1. The van der Waals surface area contributed by atoms with Gasteiger partial charge in [-0.2, -0.15) is 26.3 Å². The van der Waals surface area contributed by atoms with Crippen LogP contribution in [-0.4, -0.2) is 50.6 Å². The Bertz CT molecular complexity index is 1060. The number of aliphatic carboxylic acids is 1. The number of carbonyl (C=O) groups excluding carboxylic acids is 2. The molecule has 7 nitrogen and oxygen atoms in total. The number of carbonyl (C=O) groups is 3. The van der Waals surface area contributed by atoms with Crippen molar-refractivity contribution in [1.29, 1.82) is 0 Å². The zero-order valence-corrected chi connectivity index (χ0v) is 18.3. The second-order valence-electron chi connectivity index (χ2n) is 6.91. The molecule has 1 N–H and O–H groups in total. The SMILES string of the molecule is Cc1cnccc1CN1C(=O)N(c2ccc(SC(F)(F)F)cc2)C(=O)[C@H]1C.O=C(O)C(F)(F)F. The van der Waals surface area contributed by atoms with Gasteiger partial charge in [0.2, 0.25) is 0 Å². The number of anilines is 1. The highest BCUT2D eigenvalue weighted by atomic mass is 32.2. The average Bonchev–Trinajstić information content (AvgIpc) is 2.92. The third-order valence-electron chi connectivity index (χ3n) is 4.53. The van der Waals surface area contributed by atoms with Crippen LogP contribution < -0.4 is 4.90 Å². The maximum Gasteiger partial charge on any atom is 0.490 e. The number of thioether (sulfide) groups is 1. The van der Waals surface area contributed by atoms with Gasteiger partial charge in [0.1, 0.15) is 6.04 Å². The van der Waals surface area contributed by atoms with Crippen LogP contribution in [0.3, 0.4) is 0 Å². The number of amides is 3. The maximum absolute atomic E-state index is 12.8. The lowest BCUT2D eigenvalue weighted by atomic mass is 10.1. The summed E-state index contributed by atoms with van der Waals surface area (Å²) in [6, 6.07) is 5.79. The summed E-state index contributed by atoms with van der Waals surface area (Å²) in [5.41, 5.74) is -2.37. The van der Waals surface area contributed by atoms with Gasteiger partial charge in [-0.05, 0) is 67.1 Å². The number of pyridine rings is 1. The van der Waals surface area contributed by atoms with Gasteiger partial charge in [-0.25, -0.2) is 14.5 Å². The molecule has 14 heteroatoms. The number of halogens is 6. The number of imide groups is 1. The second-order valence-corrected chi connectivity index (χ2v) is 8.05. The van der Waals surface area contributed by atoms with Crippen LogP contribution in [0.1, 0.15) is 18.1 Å². The van der Waals surface area contributed by atoms with Gasteiger partial charge in [-0.15, -0.1) is 0 Å². The maximum atomic E-state index is 12.8. The summed E-state index contributed by atoms with van der Waals surface area (Å²) < 4.78 is 69.1. The first-order chi connectivity index (χ1) is 15.6. The van der Waals surface area contributed by atoms with Crippen LogP contribution in [0.15, 0.2) is 47.6 Å². The van der Waals surface area contributed by atoms with E-state index in [0.717, 1.165) is 16.0 Å². The number of hydrogen-bond donors (Lipinski definition) is 1. The minimum absolute atomic E-state index is 0.0114. The number of urea groups is 1. The second kappa shape index (κ2) is 10.3. The lowest BCUT2D eigenvalue weighted by molar-refractivity contribution is -0.192. The van der Waals surface area contributed by atoms with E-state index in [9.17, 15) is 35.9 Å². The van der Waals surface area contributed by atoms with Gasteiger partial charge >= 0.3 is 23.7 Å². The molecular weight excluding hydrogens is 492 g/mol. The largest absolute Gasteiger partial charge is 0.490 e. The van der Waals surface area contributed by atoms with E-state index in [0.29, 0.717) is 0 Å². The van der Waals surface area contributed by atoms with Gasteiger partial charge in [-0.1, -0.05) is 0 Å². The van der Waals surface area contributed by atoms with E-state index in [1.54, 1.807) is 25.4 Å². The molecule has 1 atom stereocenters. The van der Waals surface area contributed by atoms with Gasteiger partial charge in [-0.3, -0.25) is 9.78 Å². The Balaban J connectivity index is 0.000000509. The number of carboxylic acid groups (broad SMARTS) is 1. The van der Waals surface area contributed by atoms with E-state index in [4.69, 9.17) is 9.90 Å². The molecule has 1 saturated heterocycles. The van der Waals surface area contributed by atoms with E-state index in [1.807, 2.05) is 6.92 Å². The van der Waals surface area contributed by atoms with E-state index in [-0.39, 0.29) is 28.9 Å². The summed E-state index contributed by atoms with van der Waals surface area (Å²) in [6.07, 6.45) is -1.79. The number of carboxylic acids is 1. The summed E-state index contributed by atoms with van der Waals surface area (Å²) in [5.74, 6) is -3.17. The molecule has 0 bridgehead atoms. The van der Waals surface area contributed by atoms with Crippen molar-refractivity contribution in [1.82, 2.24) is 9.88 Å². The standard InChI is InChI=1S/C18H16F3N3O2S.C2HF3O2/c1-11-9-22-8-7-13(11)10-23-12(2)16(25)24(17(23)26)14-3-5-15(6-4-14)27-18(19,20)21;3-2(4,5)1(6)7/h3-9,12H,10H2,1-2H3;(H,6,7)/t12-;/m1./s1. The zero-order valence-electron chi connectivity index (χ0n) is 17.5. The van der Waals surface area contributed by atoms with Crippen molar-refractivity contribution >= 4 is 35.4 Å². The fourth-order valence-electron chi connectivity index (χ4n) is 2.81. The van der Waals surface area contributed by atoms with Gasteiger partial charge in [0.25, 0.3) is 5.91 Å². The number of alkyl halides is 6. The quantitative estimate of drug-likeness (QED) is 0.355. The molecule has 0 unspecified atom stereocenters. The van der Waals surface area contributed by atoms with Crippen LogP contribution in [0.5, 0.6) is 0 Å². The summed E-state index contributed by atoms with van der Waals surface area (Å²) in [5, 5.41) is 7.12. The molecule has 0 radical (unpaired) electrons. The minimum Gasteiger partial charge on any atom is -0.475 e. The van der Waals surface area contributed by atoms with Gasteiger partial charge in [0.15, 0.2) is 0 Å². The topological polar surface area (TPSA) is 90.8 Å². The van der Waals surface area contributed by atoms with Crippen molar-refractivity contribution in [3.8, 4) is 0 Å². The lowest BCUT2D eigenvalue weighted by Gasteiger charge is -2.20. The van der Waals surface area contributed by atoms with Crippen LogP contribution in [0.2, 0.25) is 0 Å². The van der Waals surface area contributed by atoms with E-state index < -0.39 is 35.6 Å². The Kier molecular flexibility index (Phi) is 8.18. The van der Waals surface area contributed by atoms with Crippen LogP contribution in [-0.2, 0) is 16.1 Å². The van der Waals surface area contributed by atoms with Gasteiger partial charge in [0.05, 0.1) is 5.69 Å². The number of rotatable bonds is 4. The molecule has 1 aliphatic rings. The molecule has 1 aliphatic heterocycles. The van der Waals surface area contributed by atoms with Crippen molar-refractivity contribution in [2.75, 3.05) is 4.90 Å². The van der Waals surface area contributed by atoms with Gasteiger partial charge < -0.3 is 10.0 Å². The summed E-state index contributed by atoms with van der Waals surface area (Å²) in [4.78, 5) is 40.7. The predicted molar refractivity (Wildman–Crippen MR) is 109 cm³/mol. The molecule has 34 heavy (non-hydrogen) atoms. The summed E-state index contributed by atoms with van der Waals surface area (Å²) in [6.45, 7) is 3.74. The van der Waals surface area contributed by atoms with Gasteiger partial charge in [0, 0.05) is 23.8 Å².